The first-order chi connectivity index (χ1) is 13.2. The Labute approximate surface area is 166 Å². The van der Waals surface area contributed by atoms with Gasteiger partial charge in [0.1, 0.15) is 11.7 Å². The highest BCUT2D eigenvalue weighted by atomic mass is 16.6. The zero-order valence-electron chi connectivity index (χ0n) is 17.0. The molecule has 1 aliphatic heterocycles. The van der Waals surface area contributed by atoms with Gasteiger partial charge in [-0.2, -0.15) is 0 Å². The van der Waals surface area contributed by atoms with E-state index in [1.54, 1.807) is 27.7 Å². The smallest absolute Gasteiger partial charge is 0.408 e. The van der Waals surface area contributed by atoms with Crippen LogP contribution in [0.3, 0.4) is 0 Å². The van der Waals surface area contributed by atoms with Crippen LogP contribution in [0, 0.1) is 11.8 Å². The van der Waals surface area contributed by atoms with Crippen LogP contribution in [0.2, 0.25) is 0 Å². The van der Waals surface area contributed by atoms with Crippen LogP contribution in [0.25, 0.3) is 0 Å². The van der Waals surface area contributed by atoms with Gasteiger partial charge in [0.15, 0.2) is 6.04 Å². The van der Waals surface area contributed by atoms with Gasteiger partial charge in [-0.15, -0.1) is 0 Å². The van der Waals surface area contributed by atoms with Gasteiger partial charge < -0.3 is 24.6 Å². The van der Waals surface area contributed by atoms with Crippen molar-refractivity contribution < 1.29 is 28.9 Å². The fraction of sp³-hybridized carbons (Fsp3) is 0.619. The molecule has 0 unspecified atom stereocenters. The number of hydrogen-bond acceptors (Lipinski definition) is 6. The number of nitrogens with one attached hydrogen (secondary N) is 1. The lowest BCUT2D eigenvalue weighted by molar-refractivity contribution is -0.154. The average molecular weight is 393 g/mol. The van der Waals surface area contributed by atoms with Gasteiger partial charge in [0, 0.05) is 12.5 Å². The lowest BCUT2D eigenvalue weighted by Gasteiger charge is -2.29. The molecule has 0 radical (unpaired) electrons. The summed E-state index contributed by atoms with van der Waals surface area (Å²) in [5, 5.41) is 12.4. The Morgan fingerprint density at radius 3 is 2.54 bits per heavy atom. The van der Waals surface area contributed by atoms with Crippen molar-refractivity contribution >= 4 is 12.1 Å². The maximum absolute atomic E-state index is 12.5. The normalized spacial score (nSPS) is 26.4. The molecule has 1 aliphatic rings. The zero-order chi connectivity index (χ0) is 20.7. The second kappa shape index (κ2) is 9.89. The number of amides is 1. The molecule has 156 valence electrons. The number of hydrogen-bond donors (Lipinski definition) is 2. The third-order valence-corrected chi connectivity index (χ3v) is 4.65. The van der Waals surface area contributed by atoms with Crippen LogP contribution in [-0.4, -0.2) is 54.7 Å². The van der Waals surface area contributed by atoms with E-state index in [1.807, 2.05) is 30.3 Å². The third kappa shape index (κ3) is 6.80. The molecule has 0 aromatic heterocycles. The van der Waals surface area contributed by atoms with Crippen LogP contribution >= 0.6 is 0 Å². The standard InChI is InChI=1S/C21H31NO6/c1-14-17(11-23)16(10-15-8-6-5-7-9-15)12-26-13-18(19(24)27-14)22-20(25)28-21(2,3)4/h5-9,14,16-18,23H,10-13H2,1-4H3,(H,22,25)/t14-,16-,17-,18-/m0/s1. The van der Waals surface area contributed by atoms with Gasteiger partial charge in [-0.1, -0.05) is 30.3 Å². The Kier molecular flexibility index (Phi) is 7.83. The first-order valence-electron chi connectivity index (χ1n) is 9.62. The van der Waals surface area contributed by atoms with Crippen LogP contribution in [0.15, 0.2) is 30.3 Å². The average Bonchev–Trinajstić information content (AvgIpc) is 2.64. The zero-order valence-corrected chi connectivity index (χ0v) is 17.0. The Morgan fingerprint density at radius 2 is 1.93 bits per heavy atom. The Hall–Kier alpha value is -2.12. The van der Waals surface area contributed by atoms with Gasteiger partial charge in [0.05, 0.1) is 13.2 Å². The fourth-order valence-electron chi connectivity index (χ4n) is 3.24. The predicted octanol–water partition coefficient (Wildman–Crippen LogP) is 2.31. The molecule has 2 rings (SSSR count). The SMILES string of the molecule is C[C@@H]1OC(=O)[C@@H](NC(=O)OC(C)(C)C)COC[C@H](Cc2ccccc2)[C@H]1CO. The highest BCUT2D eigenvalue weighted by Gasteiger charge is 2.35. The molecule has 1 aromatic rings. The predicted molar refractivity (Wildman–Crippen MR) is 104 cm³/mol. The number of cyclic esters (lactones) is 1. The Morgan fingerprint density at radius 1 is 1.25 bits per heavy atom. The molecule has 0 bridgehead atoms. The van der Waals surface area contributed by atoms with Crippen LogP contribution in [-0.2, 0) is 25.4 Å². The van der Waals surface area contributed by atoms with E-state index in [9.17, 15) is 14.7 Å². The van der Waals surface area contributed by atoms with E-state index in [0.717, 1.165) is 5.56 Å². The second-order valence-corrected chi connectivity index (χ2v) is 8.17. The van der Waals surface area contributed by atoms with Crippen LogP contribution in [0.5, 0.6) is 0 Å². The van der Waals surface area contributed by atoms with E-state index in [4.69, 9.17) is 14.2 Å². The molecule has 1 saturated heterocycles. The van der Waals surface area contributed by atoms with Crippen molar-refractivity contribution in [2.75, 3.05) is 19.8 Å². The number of benzene rings is 1. The highest BCUT2D eigenvalue weighted by molar-refractivity contribution is 5.81. The number of rotatable bonds is 4. The first kappa shape index (κ1) is 22.2. The fourth-order valence-corrected chi connectivity index (χ4v) is 3.24. The molecule has 4 atom stereocenters. The molecule has 1 amide bonds. The summed E-state index contributed by atoms with van der Waals surface area (Å²) in [6.45, 7) is 7.18. The van der Waals surface area contributed by atoms with E-state index in [1.165, 1.54) is 0 Å². The molecular formula is C21H31NO6. The maximum Gasteiger partial charge on any atom is 0.408 e. The van der Waals surface area contributed by atoms with E-state index in [0.29, 0.717) is 13.0 Å². The number of aliphatic hydroxyl groups is 1. The summed E-state index contributed by atoms with van der Waals surface area (Å²) < 4.78 is 16.5. The summed E-state index contributed by atoms with van der Waals surface area (Å²) in [5.41, 5.74) is 0.444. The molecule has 0 spiro atoms. The number of esters is 1. The lowest BCUT2D eigenvalue weighted by atomic mass is 9.84. The monoisotopic (exact) mass is 393 g/mol. The molecule has 0 aliphatic carbocycles. The summed E-state index contributed by atoms with van der Waals surface area (Å²) in [6.07, 6.45) is -0.529. The number of alkyl carbamates (subject to hydrolysis) is 1. The minimum absolute atomic E-state index is 0.0196. The van der Waals surface area contributed by atoms with Crippen molar-refractivity contribution in [3.05, 3.63) is 35.9 Å². The molecule has 28 heavy (non-hydrogen) atoms. The summed E-state index contributed by atoms with van der Waals surface area (Å²) in [5.74, 6) is -0.905. The lowest BCUT2D eigenvalue weighted by Crippen LogP contribution is -2.47. The van der Waals surface area contributed by atoms with Crippen LogP contribution in [0.4, 0.5) is 4.79 Å². The largest absolute Gasteiger partial charge is 0.461 e. The van der Waals surface area contributed by atoms with Crippen molar-refractivity contribution in [2.45, 2.75) is 51.9 Å². The van der Waals surface area contributed by atoms with Crippen LogP contribution in [0.1, 0.15) is 33.3 Å². The van der Waals surface area contributed by atoms with Gasteiger partial charge in [0.25, 0.3) is 0 Å². The van der Waals surface area contributed by atoms with E-state index in [-0.39, 0.29) is 25.0 Å². The minimum Gasteiger partial charge on any atom is -0.461 e. The van der Waals surface area contributed by atoms with E-state index < -0.39 is 29.8 Å². The quantitative estimate of drug-likeness (QED) is 0.763. The van der Waals surface area contributed by atoms with Crippen molar-refractivity contribution in [3.8, 4) is 0 Å². The summed E-state index contributed by atoms with van der Waals surface area (Å²) in [7, 11) is 0. The van der Waals surface area contributed by atoms with Crippen molar-refractivity contribution in [3.63, 3.8) is 0 Å². The molecule has 7 heteroatoms. The van der Waals surface area contributed by atoms with Crippen molar-refractivity contribution in [1.29, 1.82) is 0 Å². The minimum atomic E-state index is -0.966. The molecule has 7 nitrogen and oxygen atoms in total. The van der Waals surface area contributed by atoms with Gasteiger partial charge in [-0.05, 0) is 45.6 Å². The number of ether oxygens (including phenoxy) is 3. The molecule has 1 aromatic carbocycles. The van der Waals surface area contributed by atoms with E-state index >= 15 is 0 Å². The molecular weight excluding hydrogens is 362 g/mol. The Balaban J connectivity index is 2.08. The van der Waals surface area contributed by atoms with Gasteiger partial charge >= 0.3 is 12.1 Å². The number of aliphatic hydroxyl groups excluding tert-OH is 1. The third-order valence-electron chi connectivity index (χ3n) is 4.65. The van der Waals surface area contributed by atoms with Crippen molar-refractivity contribution in [1.82, 2.24) is 5.32 Å². The summed E-state index contributed by atoms with van der Waals surface area (Å²) in [6, 6.07) is 8.94. The topological polar surface area (TPSA) is 94.1 Å². The van der Waals surface area contributed by atoms with Gasteiger partial charge in [0.2, 0.25) is 0 Å². The van der Waals surface area contributed by atoms with Gasteiger partial charge in [-0.3, -0.25) is 0 Å². The van der Waals surface area contributed by atoms with Gasteiger partial charge in [-0.25, -0.2) is 9.59 Å². The second-order valence-electron chi connectivity index (χ2n) is 8.17. The Bertz CT molecular complexity index is 642. The van der Waals surface area contributed by atoms with Crippen molar-refractivity contribution in [2.24, 2.45) is 11.8 Å². The molecule has 1 fully saturated rings. The number of carbonyl (C=O) groups is 2. The highest BCUT2D eigenvalue weighted by Crippen LogP contribution is 2.25. The summed E-state index contributed by atoms with van der Waals surface area (Å²) in [4.78, 5) is 24.5. The molecule has 0 saturated carbocycles. The van der Waals surface area contributed by atoms with E-state index in [2.05, 4.69) is 5.32 Å². The molecule has 1 heterocycles. The first-order valence-corrected chi connectivity index (χ1v) is 9.62. The summed E-state index contributed by atoms with van der Waals surface area (Å²) >= 11 is 0. The maximum atomic E-state index is 12.5. The molecule has 2 N–H and O–H groups in total. The van der Waals surface area contributed by atoms with Crippen LogP contribution < -0.4 is 5.32 Å². The number of carbonyl (C=O) groups excluding carboxylic acids is 2.